The van der Waals surface area contributed by atoms with Crippen LogP contribution >= 0.6 is 11.3 Å². The van der Waals surface area contributed by atoms with Gasteiger partial charge in [-0.2, -0.15) is 0 Å². The van der Waals surface area contributed by atoms with Crippen molar-refractivity contribution in [2.24, 2.45) is 0 Å². The zero-order valence-electron chi connectivity index (χ0n) is 37.0. The van der Waals surface area contributed by atoms with E-state index in [2.05, 4.69) is 231 Å². The lowest BCUT2D eigenvalue weighted by atomic mass is 9.65. The monoisotopic (exact) mass is 871 g/mol. The Hall–Kier alpha value is -7.98. The van der Waals surface area contributed by atoms with Crippen LogP contribution in [0.1, 0.15) is 47.2 Å². The molecule has 67 heavy (non-hydrogen) atoms. The summed E-state index contributed by atoms with van der Waals surface area (Å²) < 4.78 is 9.27. The molecule has 0 aliphatic heterocycles. The van der Waals surface area contributed by atoms with Crippen LogP contribution in [0.15, 0.2) is 217 Å². The highest BCUT2D eigenvalue weighted by Crippen LogP contribution is 2.63. The fourth-order valence-corrected chi connectivity index (χ4v) is 13.8. The summed E-state index contributed by atoms with van der Waals surface area (Å²) in [5, 5.41) is 4.82. The summed E-state index contributed by atoms with van der Waals surface area (Å²) in [5.74, 6) is 0. The standard InChI is InChI=1S/C64H41NOS/c1-63(2)51-23-10-5-19-43(51)46-33-31-38(34-54(46)63)65(57-26-15-28-59-62(57)48-22-8-13-27-58(48)66-59)39-30-32-45-41-17-4-3-16-40(41)42-18-6-11-24-52(42)64(55(45)35-39)53-25-12-7-20-44(53)49-37-61-50(36-56(49)64)47-21-9-14-29-60(47)67-61/h3-37H,1-2H3. The molecule has 1 unspecified atom stereocenters. The first-order valence-electron chi connectivity index (χ1n) is 23.3. The summed E-state index contributed by atoms with van der Waals surface area (Å²) in [6.45, 7) is 4.75. The topological polar surface area (TPSA) is 16.4 Å². The Bertz CT molecular complexity index is 4110. The molecule has 1 spiro atoms. The average Bonchev–Trinajstić information content (AvgIpc) is 4.07. The van der Waals surface area contributed by atoms with Gasteiger partial charge >= 0.3 is 0 Å². The first-order valence-corrected chi connectivity index (χ1v) is 24.1. The van der Waals surface area contributed by atoms with Gasteiger partial charge in [0.15, 0.2) is 0 Å². The minimum atomic E-state index is -0.661. The third kappa shape index (κ3) is 4.84. The van der Waals surface area contributed by atoms with Crippen LogP contribution in [0.25, 0.3) is 86.6 Å². The number of furan rings is 1. The molecule has 0 amide bonds. The third-order valence-corrected chi connectivity index (χ3v) is 16.6. The van der Waals surface area contributed by atoms with Gasteiger partial charge in [-0.25, -0.2) is 0 Å². The minimum absolute atomic E-state index is 0.179. The maximum atomic E-state index is 6.64. The number of thiophene rings is 1. The number of anilines is 3. The van der Waals surface area contributed by atoms with Crippen molar-refractivity contribution in [3.8, 4) is 44.5 Å². The molecule has 0 saturated heterocycles. The molecule has 12 aromatic rings. The molecule has 2 aromatic heterocycles. The SMILES string of the molecule is CC1(C)c2ccccc2-c2ccc(N(c3ccc4c(c3)C3(c5ccccc5-c5ccccc5-4)c4ccccc4-c4cc5sc6ccccc6c5cc43)c3cccc4oc5ccccc5c34)cc21. The van der Waals surface area contributed by atoms with Crippen LogP contribution in [-0.2, 0) is 10.8 Å². The number of fused-ring (bicyclic) bond motifs is 21. The lowest BCUT2D eigenvalue weighted by molar-refractivity contribution is 0.660. The largest absolute Gasteiger partial charge is 0.456 e. The van der Waals surface area contributed by atoms with Gasteiger partial charge in [-0.1, -0.05) is 166 Å². The number of para-hydroxylation sites is 1. The molecule has 0 saturated carbocycles. The molecule has 0 radical (unpaired) electrons. The Morgan fingerprint density at radius 2 is 0.881 bits per heavy atom. The van der Waals surface area contributed by atoms with Gasteiger partial charge in [0, 0.05) is 42.3 Å². The fraction of sp³-hybridized carbons (Fsp3) is 0.0625. The normalized spacial score (nSPS) is 15.8. The molecular weight excluding hydrogens is 831 g/mol. The molecule has 1 atom stereocenters. The van der Waals surface area contributed by atoms with Crippen molar-refractivity contribution in [1.82, 2.24) is 0 Å². The number of rotatable bonds is 3. The van der Waals surface area contributed by atoms with E-state index in [4.69, 9.17) is 4.42 Å². The van der Waals surface area contributed by atoms with Crippen molar-refractivity contribution < 1.29 is 4.42 Å². The Morgan fingerprint density at radius 1 is 0.358 bits per heavy atom. The molecule has 0 bridgehead atoms. The highest BCUT2D eigenvalue weighted by Gasteiger charge is 2.50. The molecule has 3 aliphatic carbocycles. The zero-order valence-corrected chi connectivity index (χ0v) is 37.8. The van der Waals surface area contributed by atoms with Crippen molar-refractivity contribution in [1.29, 1.82) is 0 Å². The van der Waals surface area contributed by atoms with E-state index in [1.165, 1.54) is 98.1 Å². The summed E-state index contributed by atoms with van der Waals surface area (Å²) >= 11 is 1.90. The first kappa shape index (κ1) is 37.3. The van der Waals surface area contributed by atoms with E-state index in [1.807, 2.05) is 11.3 Å². The Labute approximate surface area is 392 Å². The van der Waals surface area contributed by atoms with E-state index in [0.717, 1.165) is 39.0 Å². The summed E-state index contributed by atoms with van der Waals surface area (Å²) in [7, 11) is 0. The second-order valence-electron chi connectivity index (χ2n) is 19.1. The summed E-state index contributed by atoms with van der Waals surface area (Å²) in [6.07, 6.45) is 0. The predicted octanol–water partition coefficient (Wildman–Crippen LogP) is 17.7. The summed E-state index contributed by atoms with van der Waals surface area (Å²) in [4.78, 5) is 2.51. The van der Waals surface area contributed by atoms with Crippen molar-refractivity contribution in [2.75, 3.05) is 4.90 Å². The van der Waals surface area contributed by atoms with Crippen LogP contribution < -0.4 is 4.90 Å². The van der Waals surface area contributed by atoms with Gasteiger partial charge in [-0.15, -0.1) is 11.3 Å². The second-order valence-corrected chi connectivity index (χ2v) is 20.2. The highest BCUT2D eigenvalue weighted by atomic mass is 32.1. The van der Waals surface area contributed by atoms with E-state index in [1.54, 1.807) is 0 Å². The van der Waals surface area contributed by atoms with Crippen LogP contribution in [-0.4, -0.2) is 0 Å². The second kappa shape index (κ2) is 13.3. The van der Waals surface area contributed by atoms with E-state index < -0.39 is 5.41 Å². The summed E-state index contributed by atoms with van der Waals surface area (Å²) in [6, 6.07) is 79.9. The van der Waals surface area contributed by atoms with Crippen molar-refractivity contribution >= 4 is 70.5 Å². The smallest absolute Gasteiger partial charge is 0.137 e. The molecule has 0 fully saturated rings. The number of hydrogen-bond donors (Lipinski definition) is 0. The van der Waals surface area contributed by atoms with Crippen molar-refractivity contribution in [2.45, 2.75) is 24.7 Å². The number of benzene rings is 10. The van der Waals surface area contributed by atoms with Gasteiger partial charge in [0.05, 0.1) is 16.5 Å². The quantitative estimate of drug-likeness (QED) is 0.176. The molecule has 10 aromatic carbocycles. The highest BCUT2D eigenvalue weighted by molar-refractivity contribution is 7.25. The fourth-order valence-electron chi connectivity index (χ4n) is 12.6. The zero-order chi connectivity index (χ0) is 44.2. The maximum Gasteiger partial charge on any atom is 0.137 e. The van der Waals surface area contributed by atoms with E-state index in [0.29, 0.717) is 0 Å². The number of nitrogens with zero attached hydrogens (tertiary/aromatic N) is 1. The molecule has 2 heterocycles. The van der Waals surface area contributed by atoms with Gasteiger partial charge in [0.25, 0.3) is 0 Å². The van der Waals surface area contributed by atoms with Gasteiger partial charge < -0.3 is 9.32 Å². The minimum Gasteiger partial charge on any atom is -0.456 e. The average molecular weight is 872 g/mol. The van der Waals surface area contributed by atoms with Crippen LogP contribution in [0.4, 0.5) is 17.1 Å². The van der Waals surface area contributed by atoms with E-state index >= 15 is 0 Å². The molecule has 15 rings (SSSR count). The van der Waals surface area contributed by atoms with E-state index in [-0.39, 0.29) is 5.41 Å². The summed E-state index contributed by atoms with van der Waals surface area (Å²) in [5.41, 5.74) is 22.3. The molecule has 3 aliphatic rings. The lowest BCUT2D eigenvalue weighted by Crippen LogP contribution is -2.29. The molecule has 3 heteroatoms. The number of hydrogen-bond acceptors (Lipinski definition) is 3. The van der Waals surface area contributed by atoms with Crippen LogP contribution in [0, 0.1) is 0 Å². The molecule has 2 nitrogen and oxygen atoms in total. The van der Waals surface area contributed by atoms with E-state index in [9.17, 15) is 0 Å². The van der Waals surface area contributed by atoms with Gasteiger partial charge in [0.1, 0.15) is 11.2 Å². The lowest BCUT2D eigenvalue weighted by Gasteiger charge is -2.36. The van der Waals surface area contributed by atoms with Crippen LogP contribution in [0.3, 0.4) is 0 Å². The molecular formula is C64H41NOS. The maximum absolute atomic E-state index is 6.64. The Balaban J connectivity index is 1.08. The van der Waals surface area contributed by atoms with Crippen LogP contribution in [0.2, 0.25) is 0 Å². The first-order chi connectivity index (χ1) is 33.0. The Kier molecular flexibility index (Phi) is 7.41. The molecule has 0 N–H and O–H groups in total. The predicted molar refractivity (Wildman–Crippen MR) is 281 cm³/mol. The molecule has 314 valence electrons. The van der Waals surface area contributed by atoms with Gasteiger partial charge in [-0.3, -0.25) is 0 Å². The van der Waals surface area contributed by atoms with Crippen molar-refractivity contribution in [3.63, 3.8) is 0 Å². The third-order valence-electron chi connectivity index (χ3n) is 15.5. The van der Waals surface area contributed by atoms with Gasteiger partial charge in [0.2, 0.25) is 0 Å². The van der Waals surface area contributed by atoms with Crippen LogP contribution in [0.5, 0.6) is 0 Å². The van der Waals surface area contributed by atoms with Crippen molar-refractivity contribution in [3.05, 3.63) is 246 Å². The Morgan fingerprint density at radius 3 is 1.61 bits per heavy atom. The van der Waals surface area contributed by atoms with Gasteiger partial charge in [-0.05, 0) is 139 Å².